The third-order valence-corrected chi connectivity index (χ3v) is 3.11. The van der Waals surface area contributed by atoms with E-state index in [9.17, 15) is 17.6 Å². The fourth-order valence-corrected chi connectivity index (χ4v) is 2.02. The molecule has 1 amide bonds. The first kappa shape index (κ1) is 13.4. The summed E-state index contributed by atoms with van der Waals surface area (Å²) in [7, 11) is -3.09. The molecule has 0 radical (unpaired) electrons. The molecule has 0 heterocycles. The van der Waals surface area contributed by atoms with Crippen molar-refractivity contribution in [3.8, 4) is 0 Å². The topological polar surface area (TPSA) is 84.5 Å². The van der Waals surface area contributed by atoms with Gasteiger partial charge < -0.3 is 4.74 Å². The van der Waals surface area contributed by atoms with E-state index in [0.29, 0.717) is 5.56 Å². The van der Waals surface area contributed by atoms with E-state index in [1.54, 1.807) is 17.2 Å². The summed E-state index contributed by atoms with van der Waals surface area (Å²) in [5.41, 5.74) is 2.33. The lowest BCUT2D eigenvalue weighted by Crippen LogP contribution is -2.41. The van der Waals surface area contributed by atoms with E-state index in [-0.39, 0.29) is 0 Å². The first-order valence-corrected chi connectivity index (χ1v) is 5.97. The normalized spacial score (nSPS) is 11.0. The molecular formula is C9H11FN2O4S. The third-order valence-electron chi connectivity index (χ3n) is 1.85. The summed E-state index contributed by atoms with van der Waals surface area (Å²) in [6.07, 6.45) is -0.998. The summed E-state index contributed by atoms with van der Waals surface area (Å²) in [5.74, 6) is -0.908. The van der Waals surface area contributed by atoms with Crippen LogP contribution < -0.4 is 10.3 Å². The van der Waals surface area contributed by atoms with Crippen LogP contribution in [0.2, 0.25) is 0 Å². The zero-order chi connectivity index (χ0) is 13.1. The first-order valence-electron chi connectivity index (χ1n) is 4.49. The number of carbonyl (C=O) groups excluding carboxylic acids is 1. The molecule has 0 aliphatic heterocycles. The second-order valence-electron chi connectivity index (χ2n) is 3.16. The number of carbonyl (C=O) groups is 1. The van der Waals surface area contributed by atoms with Crippen molar-refractivity contribution in [2.75, 3.05) is 7.11 Å². The fourth-order valence-electron chi connectivity index (χ4n) is 1.03. The van der Waals surface area contributed by atoms with Crippen LogP contribution in [0.25, 0.3) is 0 Å². The van der Waals surface area contributed by atoms with Crippen LogP contribution in [0.3, 0.4) is 0 Å². The fraction of sp³-hybridized carbons (Fsp3) is 0.222. The number of hydrogen-bond acceptors (Lipinski definition) is 4. The van der Waals surface area contributed by atoms with Crippen LogP contribution in [0, 0.1) is 12.7 Å². The standard InChI is InChI=1S/C9H11FN2O4S/c1-6-3-4-7(10)8(5-6)17(14,15)12-11-9(13)16-2/h3-5,12H,1-2H3,(H,11,13). The Hall–Kier alpha value is -1.67. The number of hydrazine groups is 1. The van der Waals surface area contributed by atoms with E-state index in [2.05, 4.69) is 4.74 Å². The minimum atomic E-state index is -4.16. The zero-order valence-electron chi connectivity index (χ0n) is 9.15. The molecule has 0 bridgehead atoms. The molecule has 0 aromatic heterocycles. The Kier molecular flexibility index (Phi) is 4.02. The van der Waals surface area contributed by atoms with Crippen LogP contribution in [0.1, 0.15) is 5.56 Å². The molecule has 2 N–H and O–H groups in total. The highest BCUT2D eigenvalue weighted by Gasteiger charge is 2.19. The van der Waals surface area contributed by atoms with Gasteiger partial charge in [0.1, 0.15) is 10.7 Å². The predicted octanol–water partition coefficient (Wildman–Crippen LogP) is 0.683. The highest BCUT2D eigenvalue weighted by atomic mass is 32.2. The van der Waals surface area contributed by atoms with E-state index in [1.807, 2.05) is 0 Å². The van der Waals surface area contributed by atoms with Crippen molar-refractivity contribution >= 4 is 16.1 Å². The molecule has 0 atom stereocenters. The van der Waals surface area contributed by atoms with Crippen LogP contribution in [-0.4, -0.2) is 21.6 Å². The second-order valence-corrected chi connectivity index (χ2v) is 4.81. The number of hydrogen-bond donors (Lipinski definition) is 2. The molecule has 17 heavy (non-hydrogen) atoms. The molecule has 8 heteroatoms. The smallest absolute Gasteiger partial charge is 0.422 e. The van der Waals surface area contributed by atoms with Gasteiger partial charge in [0.15, 0.2) is 0 Å². The summed E-state index contributed by atoms with van der Waals surface area (Å²) in [4.78, 5) is 11.8. The van der Waals surface area contributed by atoms with Crippen molar-refractivity contribution in [2.45, 2.75) is 11.8 Å². The van der Waals surface area contributed by atoms with Crippen LogP contribution in [0.15, 0.2) is 23.1 Å². The molecule has 1 aromatic rings. The van der Waals surface area contributed by atoms with Gasteiger partial charge in [-0.3, -0.25) is 0 Å². The molecule has 0 unspecified atom stereocenters. The van der Waals surface area contributed by atoms with E-state index in [4.69, 9.17) is 0 Å². The Morgan fingerprint density at radius 2 is 2.06 bits per heavy atom. The molecule has 1 rings (SSSR count). The van der Waals surface area contributed by atoms with Crippen LogP contribution in [0.5, 0.6) is 0 Å². The SMILES string of the molecule is COC(=O)NNS(=O)(=O)c1cc(C)ccc1F. The minimum absolute atomic E-state index is 0.547. The highest BCUT2D eigenvalue weighted by Crippen LogP contribution is 2.15. The second kappa shape index (κ2) is 5.11. The maximum Gasteiger partial charge on any atom is 0.422 e. The number of ether oxygens (including phenoxy) is 1. The molecule has 0 spiro atoms. The van der Waals surface area contributed by atoms with Crippen molar-refractivity contribution in [3.05, 3.63) is 29.6 Å². The summed E-state index contributed by atoms with van der Waals surface area (Å²) >= 11 is 0. The first-order chi connectivity index (χ1) is 7.86. The van der Waals surface area contributed by atoms with Crippen molar-refractivity contribution in [3.63, 3.8) is 0 Å². The van der Waals surface area contributed by atoms with Crippen LogP contribution >= 0.6 is 0 Å². The van der Waals surface area contributed by atoms with Gasteiger partial charge in [-0.05, 0) is 24.6 Å². The molecule has 0 fully saturated rings. The monoisotopic (exact) mass is 262 g/mol. The van der Waals surface area contributed by atoms with Crippen molar-refractivity contribution in [1.82, 2.24) is 10.3 Å². The van der Waals surface area contributed by atoms with E-state index < -0.39 is 26.8 Å². The average molecular weight is 262 g/mol. The third kappa shape index (κ3) is 3.40. The highest BCUT2D eigenvalue weighted by molar-refractivity contribution is 7.89. The van der Waals surface area contributed by atoms with Gasteiger partial charge in [-0.25, -0.2) is 23.0 Å². The summed E-state index contributed by atoms with van der Waals surface area (Å²) in [5, 5.41) is 0. The van der Waals surface area contributed by atoms with Crippen LogP contribution in [0.4, 0.5) is 9.18 Å². The van der Waals surface area contributed by atoms with Gasteiger partial charge in [-0.1, -0.05) is 6.07 Å². The Bertz CT molecular complexity index is 530. The van der Waals surface area contributed by atoms with Gasteiger partial charge in [0.05, 0.1) is 7.11 Å². The molecular weight excluding hydrogens is 251 g/mol. The molecule has 0 aliphatic rings. The number of amides is 1. The minimum Gasteiger partial charge on any atom is -0.452 e. The van der Waals surface area contributed by atoms with Gasteiger partial charge >= 0.3 is 6.09 Å². The largest absolute Gasteiger partial charge is 0.452 e. The lowest BCUT2D eigenvalue weighted by Gasteiger charge is -2.08. The number of halogens is 1. The lowest BCUT2D eigenvalue weighted by molar-refractivity contribution is 0.169. The number of nitrogens with one attached hydrogen (secondary N) is 2. The maximum absolute atomic E-state index is 13.3. The Morgan fingerprint density at radius 1 is 1.41 bits per heavy atom. The van der Waals surface area contributed by atoms with Crippen LogP contribution in [-0.2, 0) is 14.8 Å². The summed E-state index contributed by atoms with van der Waals surface area (Å²) in [6.45, 7) is 1.62. The lowest BCUT2D eigenvalue weighted by atomic mass is 10.2. The van der Waals surface area contributed by atoms with Crippen molar-refractivity contribution < 1.29 is 22.3 Å². The van der Waals surface area contributed by atoms with Gasteiger partial charge in [-0.15, -0.1) is 4.83 Å². The molecule has 1 aromatic carbocycles. The molecule has 6 nitrogen and oxygen atoms in total. The van der Waals surface area contributed by atoms with E-state index >= 15 is 0 Å². The number of benzene rings is 1. The number of rotatable bonds is 3. The molecule has 0 aliphatic carbocycles. The predicted molar refractivity (Wildman–Crippen MR) is 57.0 cm³/mol. The number of methoxy groups -OCH3 is 1. The molecule has 0 saturated carbocycles. The summed E-state index contributed by atoms with van der Waals surface area (Å²) in [6, 6.07) is 3.61. The van der Waals surface area contributed by atoms with E-state index in [1.165, 1.54) is 6.07 Å². The molecule has 0 saturated heterocycles. The maximum atomic E-state index is 13.3. The number of sulfonamides is 1. The van der Waals surface area contributed by atoms with Gasteiger partial charge in [0.2, 0.25) is 0 Å². The van der Waals surface area contributed by atoms with Gasteiger partial charge in [0, 0.05) is 0 Å². The molecule has 94 valence electrons. The van der Waals surface area contributed by atoms with Gasteiger partial charge in [-0.2, -0.15) is 0 Å². The number of aryl methyl sites for hydroxylation is 1. The Labute approximate surface area is 97.8 Å². The zero-order valence-corrected chi connectivity index (χ0v) is 9.97. The quantitative estimate of drug-likeness (QED) is 0.785. The average Bonchev–Trinajstić information content (AvgIpc) is 2.29. The Morgan fingerprint density at radius 3 is 2.65 bits per heavy atom. The van der Waals surface area contributed by atoms with E-state index in [0.717, 1.165) is 19.2 Å². The summed E-state index contributed by atoms with van der Waals surface area (Å²) < 4.78 is 40.7. The van der Waals surface area contributed by atoms with Crippen molar-refractivity contribution in [2.24, 2.45) is 0 Å². The van der Waals surface area contributed by atoms with Crippen molar-refractivity contribution in [1.29, 1.82) is 0 Å². The van der Waals surface area contributed by atoms with Gasteiger partial charge in [0.25, 0.3) is 10.0 Å². The Balaban J connectivity index is 2.97.